The molecule has 0 aliphatic heterocycles. The second-order valence-electron chi connectivity index (χ2n) is 4.08. The highest BCUT2D eigenvalue weighted by Crippen LogP contribution is 2.27. The number of nitrogens with zero attached hydrogens (tertiary/aromatic N) is 2. The van der Waals surface area contributed by atoms with Crippen molar-refractivity contribution in [1.82, 2.24) is 10.2 Å². The first-order valence-corrected chi connectivity index (χ1v) is 8.20. The van der Waals surface area contributed by atoms with Crippen LogP contribution in [0.5, 0.6) is 0 Å². The van der Waals surface area contributed by atoms with Gasteiger partial charge in [-0.3, -0.25) is 0 Å². The minimum absolute atomic E-state index is 0.381. The molecular weight excluding hydrogens is 395 g/mol. The van der Waals surface area contributed by atoms with Gasteiger partial charge in [-0.2, -0.15) is 0 Å². The molecule has 0 fully saturated rings. The largest absolute Gasteiger partial charge is 0.417 e. The van der Waals surface area contributed by atoms with Crippen LogP contribution in [0.3, 0.4) is 0 Å². The van der Waals surface area contributed by atoms with Gasteiger partial charge in [-0.1, -0.05) is 23.2 Å². The Morgan fingerprint density at radius 2 is 1.81 bits per heavy atom. The molecule has 21 heavy (non-hydrogen) atoms. The Morgan fingerprint density at radius 1 is 1.05 bits per heavy atom. The average Bonchev–Trinajstić information content (AvgIpc) is 3.04. The Labute approximate surface area is 143 Å². The van der Waals surface area contributed by atoms with Gasteiger partial charge < -0.3 is 4.42 Å². The quantitative estimate of drug-likeness (QED) is 0.537. The molecule has 3 nitrogen and oxygen atoms in total. The van der Waals surface area contributed by atoms with Crippen LogP contribution in [0.1, 0.15) is 10.8 Å². The number of hydrogen-bond donors (Lipinski definition) is 0. The fourth-order valence-corrected chi connectivity index (χ4v) is 3.52. The molecule has 3 aromatic rings. The van der Waals surface area contributed by atoms with Crippen molar-refractivity contribution in [3.63, 3.8) is 0 Å². The fourth-order valence-electron chi connectivity index (χ4n) is 1.67. The Morgan fingerprint density at radius 3 is 2.48 bits per heavy atom. The second kappa shape index (κ2) is 6.32. The van der Waals surface area contributed by atoms with Crippen LogP contribution in [0.25, 0.3) is 23.6 Å². The van der Waals surface area contributed by atoms with E-state index in [4.69, 9.17) is 27.6 Å². The van der Waals surface area contributed by atoms with Gasteiger partial charge in [-0.05, 0) is 52.3 Å². The molecule has 0 aliphatic carbocycles. The summed E-state index contributed by atoms with van der Waals surface area (Å²) < 4.78 is 6.65. The van der Waals surface area contributed by atoms with Gasteiger partial charge in [0.25, 0.3) is 0 Å². The topological polar surface area (TPSA) is 38.9 Å². The lowest BCUT2D eigenvalue weighted by atomic mass is 10.2. The third kappa shape index (κ3) is 3.74. The van der Waals surface area contributed by atoms with Gasteiger partial charge in [0, 0.05) is 26.6 Å². The van der Waals surface area contributed by atoms with Crippen LogP contribution in [0.4, 0.5) is 0 Å². The van der Waals surface area contributed by atoms with E-state index >= 15 is 0 Å². The van der Waals surface area contributed by atoms with Crippen molar-refractivity contribution >= 4 is 62.6 Å². The van der Waals surface area contributed by atoms with E-state index in [1.807, 2.05) is 18.2 Å². The summed E-state index contributed by atoms with van der Waals surface area (Å²) in [5.74, 6) is 0.803. The monoisotopic (exact) mass is 400 g/mol. The lowest BCUT2D eigenvalue weighted by Gasteiger charge is -1.97. The summed E-state index contributed by atoms with van der Waals surface area (Å²) in [5.41, 5.74) is 0.693. The Hall–Kier alpha value is -1.14. The number of hydrogen-bond acceptors (Lipinski definition) is 4. The smallest absolute Gasteiger partial charge is 0.248 e. The van der Waals surface area contributed by atoms with Crippen LogP contribution in [0, 0.1) is 0 Å². The van der Waals surface area contributed by atoms with Gasteiger partial charge in [0.15, 0.2) is 0 Å². The predicted octanol–water partition coefficient (Wildman–Crippen LogP) is 6.04. The van der Waals surface area contributed by atoms with Crippen LogP contribution in [-0.4, -0.2) is 10.2 Å². The molecule has 106 valence electrons. The SMILES string of the molecule is Clc1cc(Cl)cc(-c2nnc(/C=C/c3ccc(Br)s3)o2)c1. The van der Waals surface area contributed by atoms with Crippen molar-refractivity contribution in [3.05, 3.63) is 54.9 Å². The first-order chi connectivity index (χ1) is 10.1. The molecule has 0 unspecified atom stereocenters. The number of thiophene rings is 1. The molecule has 0 radical (unpaired) electrons. The van der Waals surface area contributed by atoms with E-state index in [2.05, 4.69) is 26.1 Å². The van der Waals surface area contributed by atoms with E-state index in [1.54, 1.807) is 35.6 Å². The third-order valence-electron chi connectivity index (χ3n) is 2.53. The molecule has 7 heteroatoms. The van der Waals surface area contributed by atoms with Gasteiger partial charge in [0.1, 0.15) is 0 Å². The molecule has 0 saturated heterocycles. The molecule has 1 aromatic carbocycles. The van der Waals surface area contributed by atoms with Gasteiger partial charge in [0.2, 0.25) is 11.8 Å². The number of benzene rings is 1. The molecule has 2 aromatic heterocycles. The molecule has 0 bridgehead atoms. The van der Waals surface area contributed by atoms with Crippen LogP contribution >= 0.6 is 50.5 Å². The van der Waals surface area contributed by atoms with Crippen molar-refractivity contribution in [3.8, 4) is 11.5 Å². The van der Waals surface area contributed by atoms with Crippen molar-refractivity contribution in [1.29, 1.82) is 0 Å². The second-order valence-corrected chi connectivity index (χ2v) is 7.45. The van der Waals surface area contributed by atoms with Gasteiger partial charge in [-0.15, -0.1) is 21.5 Å². The van der Waals surface area contributed by atoms with E-state index < -0.39 is 0 Å². The maximum Gasteiger partial charge on any atom is 0.248 e. The zero-order valence-corrected chi connectivity index (χ0v) is 14.3. The molecule has 3 rings (SSSR count). The minimum atomic E-state index is 0.381. The summed E-state index contributed by atoms with van der Waals surface area (Å²) in [7, 11) is 0. The molecule has 0 saturated carbocycles. The highest BCUT2D eigenvalue weighted by atomic mass is 79.9. The Balaban J connectivity index is 1.84. The van der Waals surface area contributed by atoms with Crippen molar-refractivity contribution in [2.45, 2.75) is 0 Å². The van der Waals surface area contributed by atoms with Crippen molar-refractivity contribution in [2.24, 2.45) is 0 Å². The molecule has 0 N–H and O–H groups in total. The molecule has 0 aliphatic rings. The van der Waals surface area contributed by atoms with Gasteiger partial charge in [-0.25, -0.2) is 0 Å². The Bertz CT molecular complexity index is 793. The number of aromatic nitrogens is 2. The van der Waals surface area contributed by atoms with E-state index in [1.165, 1.54) is 0 Å². The summed E-state index contributed by atoms with van der Waals surface area (Å²) in [6.45, 7) is 0. The van der Waals surface area contributed by atoms with Crippen molar-refractivity contribution < 1.29 is 4.42 Å². The summed E-state index contributed by atoms with van der Waals surface area (Å²) in [6, 6.07) is 9.09. The molecular formula is C14H7BrCl2N2OS. The number of rotatable bonds is 3. The van der Waals surface area contributed by atoms with E-state index in [-0.39, 0.29) is 0 Å². The first-order valence-electron chi connectivity index (χ1n) is 5.83. The molecule has 0 spiro atoms. The van der Waals surface area contributed by atoms with E-state index in [0.717, 1.165) is 8.66 Å². The third-order valence-corrected chi connectivity index (χ3v) is 4.56. The molecule has 0 atom stereocenters. The summed E-state index contributed by atoms with van der Waals surface area (Å²) in [6.07, 6.45) is 3.68. The Kier molecular flexibility index (Phi) is 4.45. The summed E-state index contributed by atoms with van der Waals surface area (Å²) in [5, 5.41) is 9.02. The standard InChI is InChI=1S/C14H7BrCl2N2OS/c15-12-3-1-11(21-12)2-4-13-18-19-14(20-13)8-5-9(16)7-10(17)6-8/h1-7H/b4-2+. The maximum absolute atomic E-state index is 5.96. The van der Waals surface area contributed by atoms with Crippen LogP contribution in [-0.2, 0) is 0 Å². The van der Waals surface area contributed by atoms with Gasteiger partial charge >= 0.3 is 0 Å². The zero-order chi connectivity index (χ0) is 14.8. The summed E-state index contributed by atoms with van der Waals surface area (Å²) >= 11 is 17.0. The average molecular weight is 402 g/mol. The molecule has 0 amide bonds. The fraction of sp³-hybridized carbons (Fsp3) is 0. The van der Waals surface area contributed by atoms with Gasteiger partial charge in [0.05, 0.1) is 3.79 Å². The molecule has 2 heterocycles. The minimum Gasteiger partial charge on any atom is -0.417 e. The lowest BCUT2D eigenvalue weighted by molar-refractivity contribution is 0.558. The van der Waals surface area contributed by atoms with Crippen LogP contribution in [0.15, 0.2) is 38.5 Å². The van der Waals surface area contributed by atoms with E-state index in [9.17, 15) is 0 Å². The van der Waals surface area contributed by atoms with Crippen molar-refractivity contribution in [2.75, 3.05) is 0 Å². The van der Waals surface area contributed by atoms with Crippen LogP contribution < -0.4 is 0 Å². The summed E-state index contributed by atoms with van der Waals surface area (Å²) in [4.78, 5) is 1.09. The zero-order valence-electron chi connectivity index (χ0n) is 10.4. The first kappa shape index (κ1) is 14.8. The number of halogens is 3. The maximum atomic E-state index is 5.96. The van der Waals surface area contributed by atoms with Crippen LogP contribution in [0.2, 0.25) is 10.0 Å². The van der Waals surface area contributed by atoms with E-state index in [0.29, 0.717) is 27.4 Å². The highest BCUT2D eigenvalue weighted by Gasteiger charge is 2.08. The lowest BCUT2D eigenvalue weighted by Crippen LogP contribution is -1.78. The normalized spacial score (nSPS) is 11.4. The predicted molar refractivity (Wildman–Crippen MR) is 90.7 cm³/mol. The highest BCUT2D eigenvalue weighted by molar-refractivity contribution is 9.11.